The minimum atomic E-state index is -1.17. The molecule has 0 unspecified atom stereocenters. The first-order chi connectivity index (χ1) is 6.61. The Bertz CT molecular complexity index is 424. The fourth-order valence-electron chi connectivity index (χ4n) is 1.06. The van der Waals surface area contributed by atoms with E-state index in [9.17, 15) is 4.79 Å². The molecule has 0 saturated heterocycles. The number of carbonyl (C=O) groups is 1. The average Bonchev–Trinajstić information content (AvgIpc) is 2.17. The molecule has 0 fully saturated rings. The van der Waals surface area contributed by atoms with Gasteiger partial charge in [-0.3, -0.25) is 0 Å². The van der Waals surface area contributed by atoms with E-state index in [0.29, 0.717) is 5.56 Å². The first kappa shape index (κ1) is 10.5. The number of benzene rings is 1. The summed E-state index contributed by atoms with van der Waals surface area (Å²) in [5.74, 6) is -1.17. The van der Waals surface area contributed by atoms with Gasteiger partial charge in [0.05, 0.1) is 16.1 Å². The van der Waals surface area contributed by atoms with Gasteiger partial charge in [-0.1, -0.05) is 17.7 Å². The van der Waals surface area contributed by atoms with Gasteiger partial charge in [0.15, 0.2) is 0 Å². The molecule has 0 aliphatic heterocycles. The van der Waals surface area contributed by atoms with Gasteiger partial charge in [-0.2, -0.15) is 5.26 Å². The fourth-order valence-corrected chi connectivity index (χ4v) is 1.35. The van der Waals surface area contributed by atoms with Crippen LogP contribution in [0.1, 0.15) is 21.5 Å². The van der Waals surface area contributed by atoms with Crippen molar-refractivity contribution in [1.29, 1.82) is 5.26 Å². The standard InChI is InChI=1S/C9H7ClN2O2/c10-8-5(3-11)1-2-6(9(13)14)7(8)4-12/h1-2H,3,11H2,(H,13,14). The highest BCUT2D eigenvalue weighted by Crippen LogP contribution is 2.23. The highest BCUT2D eigenvalue weighted by atomic mass is 35.5. The number of carboxylic acids is 1. The van der Waals surface area contributed by atoms with E-state index in [1.807, 2.05) is 0 Å². The largest absolute Gasteiger partial charge is 0.478 e. The van der Waals surface area contributed by atoms with Gasteiger partial charge in [0.1, 0.15) is 6.07 Å². The molecule has 1 rings (SSSR count). The van der Waals surface area contributed by atoms with Gasteiger partial charge < -0.3 is 10.8 Å². The lowest BCUT2D eigenvalue weighted by Crippen LogP contribution is -2.05. The van der Waals surface area contributed by atoms with Crippen molar-refractivity contribution in [2.45, 2.75) is 6.54 Å². The number of rotatable bonds is 2. The van der Waals surface area contributed by atoms with Gasteiger partial charge in [0.25, 0.3) is 0 Å². The van der Waals surface area contributed by atoms with Crippen molar-refractivity contribution >= 4 is 17.6 Å². The summed E-state index contributed by atoms with van der Waals surface area (Å²) in [7, 11) is 0. The summed E-state index contributed by atoms with van der Waals surface area (Å²) in [6.45, 7) is 0.174. The van der Waals surface area contributed by atoms with Gasteiger partial charge in [0.2, 0.25) is 0 Å². The SMILES string of the molecule is N#Cc1c(C(=O)O)ccc(CN)c1Cl. The Morgan fingerprint density at radius 2 is 2.29 bits per heavy atom. The summed E-state index contributed by atoms with van der Waals surface area (Å²) in [5.41, 5.74) is 5.78. The highest BCUT2D eigenvalue weighted by molar-refractivity contribution is 6.33. The molecule has 0 atom stereocenters. The lowest BCUT2D eigenvalue weighted by molar-refractivity contribution is 0.0696. The maximum Gasteiger partial charge on any atom is 0.337 e. The van der Waals surface area contributed by atoms with Crippen molar-refractivity contribution in [3.05, 3.63) is 33.8 Å². The zero-order valence-electron chi connectivity index (χ0n) is 7.12. The Morgan fingerprint density at radius 3 is 2.71 bits per heavy atom. The lowest BCUT2D eigenvalue weighted by Gasteiger charge is -2.05. The quantitative estimate of drug-likeness (QED) is 0.772. The summed E-state index contributed by atoms with van der Waals surface area (Å²) in [6, 6.07) is 4.59. The number of halogens is 1. The molecule has 14 heavy (non-hydrogen) atoms. The topological polar surface area (TPSA) is 87.1 Å². The van der Waals surface area contributed by atoms with Gasteiger partial charge >= 0.3 is 5.97 Å². The molecule has 0 bridgehead atoms. The Balaban J connectivity index is 3.45. The average molecular weight is 211 g/mol. The molecule has 0 amide bonds. The smallest absolute Gasteiger partial charge is 0.337 e. The molecule has 72 valence electrons. The minimum Gasteiger partial charge on any atom is -0.478 e. The summed E-state index contributed by atoms with van der Waals surface area (Å²) >= 11 is 5.79. The van der Waals surface area contributed by atoms with Crippen LogP contribution in [0.5, 0.6) is 0 Å². The molecule has 0 aliphatic rings. The van der Waals surface area contributed by atoms with Crippen LogP contribution in [-0.2, 0) is 6.54 Å². The van der Waals surface area contributed by atoms with E-state index < -0.39 is 5.97 Å². The van der Waals surface area contributed by atoms with Crippen molar-refractivity contribution in [3.8, 4) is 6.07 Å². The first-order valence-electron chi connectivity index (χ1n) is 3.76. The second-order valence-electron chi connectivity index (χ2n) is 2.58. The van der Waals surface area contributed by atoms with Crippen LogP contribution >= 0.6 is 11.6 Å². The predicted octanol–water partition coefficient (Wildman–Crippen LogP) is 1.37. The van der Waals surface area contributed by atoms with Crippen molar-refractivity contribution < 1.29 is 9.90 Å². The van der Waals surface area contributed by atoms with Crippen LogP contribution in [0.2, 0.25) is 5.02 Å². The lowest BCUT2D eigenvalue weighted by atomic mass is 10.0. The van der Waals surface area contributed by atoms with Gasteiger partial charge in [-0.15, -0.1) is 0 Å². The normalized spacial score (nSPS) is 9.50. The predicted molar refractivity (Wildman–Crippen MR) is 51.0 cm³/mol. The van der Waals surface area contributed by atoms with Crippen molar-refractivity contribution in [2.75, 3.05) is 0 Å². The number of nitrogens with two attached hydrogens (primary N) is 1. The molecule has 4 nitrogen and oxygen atoms in total. The van der Waals surface area contributed by atoms with Crippen LogP contribution in [0.25, 0.3) is 0 Å². The molecule has 3 N–H and O–H groups in total. The second-order valence-corrected chi connectivity index (χ2v) is 2.96. The fraction of sp³-hybridized carbons (Fsp3) is 0.111. The van der Waals surface area contributed by atoms with E-state index in [1.54, 1.807) is 6.07 Å². The number of hydrogen-bond donors (Lipinski definition) is 2. The number of nitriles is 1. The van der Waals surface area contributed by atoms with Gasteiger partial charge in [-0.25, -0.2) is 4.79 Å². The Hall–Kier alpha value is -1.57. The van der Waals surface area contributed by atoms with E-state index in [1.165, 1.54) is 12.1 Å². The van der Waals surface area contributed by atoms with E-state index in [0.717, 1.165) is 0 Å². The number of aromatic carboxylic acids is 1. The zero-order chi connectivity index (χ0) is 10.7. The van der Waals surface area contributed by atoms with Crippen LogP contribution in [0.15, 0.2) is 12.1 Å². The molecule has 0 aromatic heterocycles. The zero-order valence-corrected chi connectivity index (χ0v) is 7.88. The molecular formula is C9H7ClN2O2. The third-order valence-corrected chi connectivity index (χ3v) is 2.22. The summed E-state index contributed by atoms with van der Waals surface area (Å²) < 4.78 is 0. The molecule has 0 aliphatic carbocycles. The van der Waals surface area contributed by atoms with Crippen molar-refractivity contribution in [2.24, 2.45) is 5.73 Å². The van der Waals surface area contributed by atoms with Crippen LogP contribution in [0.3, 0.4) is 0 Å². The Morgan fingerprint density at radius 1 is 1.64 bits per heavy atom. The molecule has 1 aromatic carbocycles. The van der Waals surface area contributed by atoms with Gasteiger partial charge in [0, 0.05) is 6.54 Å². The van der Waals surface area contributed by atoms with Crippen molar-refractivity contribution in [3.63, 3.8) is 0 Å². The van der Waals surface area contributed by atoms with Crippen LogP contribution in [-0.4, -0.2) is 11.1 Å². The van der Waals surface area contributed by atoms with E-state index >= 15 is 0 Å². The molecular weight excluding hydrogens is 204 g/mol. The minimum absolute atomic E-state index is 0.0397. The monoisotopic (exact) mass is 210 g/mol. The maximum atomic E-state index is 10.7. The molecule has 0 radical (unpaired) electrons. The molecule has 0 saturated carbocycles. The number of carboxylic acid groups (broad SMARTS) is 1. The Kier molecular flexibility index (Phi) is 3.07. The number of nitrogens with zero attached hydrogens (tertiary/aromatic N) is 1. The van der Waals surface area contributed by atoms with E-state index in [-0.39, 0.29) is 22.7 Å². The molecule has 1 aromatic rings. The summed E-state index contributed by atoms with van der Waals surface area (Å²) in [6.07, 6.45) is 0. The maximum absolute atomic E-state index is 10.7. The molecule has 0 heterocycles. The van der Waals surface area contributed by atoms with Crippen LogP contribution in [0, 0.1) is 11.3 Å². The second kappa shape index (κ2) is 4.09. The third kappa shape index (κ3) is 1.69. The van der Waals surface area contributed by atoms with E-state index in [2.05, 4.69) is 0 Å². The van der Waals surface area contributed by atoms with E-state index in [4.69, 9.17) is 27.7 Å². The Labute approximate surface area is 85.5 Å². The third-order valence-electron chi connectivity index (χ3n) is 1.78. The first-order valence-corrected chi connectivity index (χ1v) is 4.14. The highest BCUT2D eigenvalue weighted by Gasteiger charge is 2.15. The number of hydrogen-bond acceptors (Lipinski definition) is 3. The van der Waals surface area contributed by atoms with Crippen molar-refractivity contribution in [1.82, 2.24) is 0 Å². The molecule has 5 heteroatoms. The summed E-state index contributed by atoms with van der Waals surface area (Å²) in [5, 5.41) is 17.6. The summed E-state index contributed by atoms with van der Waals surface area (Å²) in [4.78, 5) is 10.7. The van der Waals surface area contributed by atoms with Gasteiger partial charge in [-0.05, 0) is 11.6 Å². The van der Waals surface area contributed by atoms with Crippen LogP contribution < -0.4 is 5.73 Å². The van der Waals surface area contributed by atoms with Crippen LogP contribution in [0.4, 0.5) is 0 Å². The molecule has 0 spiro atoms.